The van der Waals surface area contributed by atoms with Crippen LogP contribution in [0.25, 0.3) is 0 Å². The largest absolute Gasteiger partial charge is 0.401 e. The van der Waals surface area contributed by atoms with Crippen molar-refractivity contribution in [2.45, 2.75) is 38.8 Å². The fourth-order valence-corrected chi connectivity index (χ4v) is 4.29. The number of alkyl halides is 3. The molecule has 3 atom stereocenters. The summed E-state index contributed by atoms with van der Waals surface area (Å²) in [6.45, 7) is 7.16. The molecule has 1 aromatic rings. The van der Waals surface area contributed by atoms with E-state index in [4.69, 9.17) is 4.99 Å². The maximum atomic E-state index is 12.7. The molecule has 4 nitrogen and oxygen atoms in total. The highest BCUT2D eigenvalue weighted by atomic mass is 19.4. The highest BCUT2D eigenvalue weighted by Gasteiger charge is 2.38. The van der Waals surface area contributed by atoms with Gasteiger partial charge in [-0.2, -0.15) is 13.2 Å². The average molecular weight is 411 g/mol. The zero-order valence-corrected chi connectivity index (χ0v) is 17.5. The van der Waals surface area contributed by atoms with E-state index in [1.165, 1.54) is 16.9 Å². The molecule has 0 amide bonds. The van der Waals surface area contributed by atoms with E-state index in [2.05, 4.69) is 41.4 Å². The lowest BCUT2D eigenvalue weighted by atomic mass is 10.1. The highest BCUT2D eigenvalue weighted by Crippen LogP contribution is 2.47. The molecule has 2 fully saturated rings. The summed E-state index contributed by atoms with van der Waals surface area (Å²) in [4.78, 5) is 8.59. The molecule has 0 bridgehead atoms. The van der Waals surface area contributed by atoms with Crippen molar-refractivity contribution in [3.63, 3.8) is 0 Å². The quantitative estimate of drug-likeness (QED) is 0.520. The first kappa shape index (κ1) is 21.9. The van der Waals surface area contributed by atoms with Gasteiger partial charge >= 0.3 is 6.18 Å². The predicted octanol–water partition coefficient (Wildman–Crippen LogP) is 3.96. The van der Waals surface area contributed by atoms with Crippen molar-refractivity contribution in [1.29, 1.82) is 0 Å². The number of nitrogens with zero attached hydrogens (tertiary/aromatic N) is 3. The van der Waals surface area contributed by atoms with Crippen LogP contribution in [0.2, 0.25) is 0 Å². The van der Waals surface area contributed by atoms with Crippen LogP contribution in [0.15, 0.2) is 35.3 Å². The van der Waals surface area contributed by atoms with Crippen molar-refractivity contribution in [2.75, 3.05) is 45.8 Å². The van der Waals surface area contributed by atoms with Gasteiger partial charge in [-0.3, -0.25) is 9.89 Å². The first-order valence-electron chi connectivity index (χ1n) is 10.8. The summed E-state index contributed by atoms with van der Waals surface area (Å²) < 4.78 is 38.2. The highest BCUT2D eigenvalue weighted by molar-refractivity contribution is 5.80. The number of hydrogen-bond acceptors (Lipinski definition) is 2. The topological polar surface area (TPSA) is 30.9 Å². The molecule has 1 heterocycles. The van der Waals surface area contributed by atoms with E-state index in [1.54, 1.807) is 6.92 Å². The number of rotatable bonds is 8. The van der Waals surface area contributed by atoms with Crippen LogP contribution in [0, 0.1) is 11.8 Å². The van der Waals surface area contributed by atoms with E-state index in [9.17, 15) is 13.2 Å². The number of hydrogen-bond donors (Lipinski definition) is 1. The van der Waals surface area contributed by atoms with E-state index in [1.807, 2.05) is 6.07 Å². The van der Waals surface area contributed by atoms with Crippen molar-refractivity contribution in [2.24, 2.45) is 16.8 Å². The molecule has 1 aromatic carbocycles. The maximum absolute atomic E-state index is 12.7. The van der Waals surface area contributed by atoms with E-state index >= 15 is 0 Å². The van der Waals surface area contributed by atoms with Crippen LogP contribution in [-0.2, 0) is 0 Å². The van der Waals surface area contributed by atoms with Crippen molar-refractivity contribution in [3.05, 3.63) is 35.9 Å². The van der Waals surface area contributed by atoms with Gasteiger partial charge in [-0.05, 0) is 49.6 Å². The molecule has 0 radical (unpaired) electrons. The van der Waals surface area contributed by atoms with Crippen LogP contribution in [0.3, 0.4) is 0 Å². The lowest BCUT2D eigenvalue weighted by molar-refractivity contribution is -0.146. The molecule has 1 aliphatic carbocycles. The molecule has 2 aliphatic rings. The summed E-state index contributed by atoms with van der Waals surface area (Å²) in [6.07, 6.45) is -2.04. The zero-order valence-electron chi connectivity index (χ0n) is 17.5. The van der Waals surface area contributed by atoms with Gasteiger partial charge in [0.1, 0.15) is 0 Å². The second-order valence-corrected chi connectivity index (χ2v) is 8.25. The van der Waals surface area contributed by atoms with Gasteiger partial charge in [0.2, 0.25) is 0 Å². The van der Waals surface area contributed by atoms with Gasteiger partial charge in [-0.15, -0.1) is 0 Å². The molecule has 1 saturated carbocycles. The molecule has 0 aromatic heterocycles. The number of nitrogens with one attached hydrogen (secondary N) is 1. The third-order valence-electron chi connectivity index (χ3n) is 5.91. The molecule has 7 heteroatoms. The van der Waals surface area contributed by atoms with Crippen LogP contribution in [0.5, 0.6) is 0 Å². The SMILES string of the molecule is CCNC(=NCC1CC1c1ccccc1)N1CCC(CN(CC)CC(F)(F)F)C1. The summed E-state index contributed by atoms with van der Waals surface area (Å²) in [5.41, 5.74) is 1.39. The normalized spacial score (nSPS) is 25.0. The van der Waals surface area contributed by atoms with Crippen LogP contribution >= 0.6 is 0 Å². The van der Waals surface area contributed by atoms with Gasteiger partial charge in [-0.1, -0.05) is 37.3 Å². The van der Waals surface area contributed by atoms with Gasteiger partial charge < -0.3 is 10.2 Å². The molecule has 1 saturated heterocycles. The number of aliphatic imine (C=N–C) groups is 1. The molecule has 3 rings (SSSR count). The molecular formula is C22H33F3N4. The minimum Gasteiger partial charge on any atom is -0.357 e. The third kappa shape index (κ3) is 6.63. The lowest BCUT2D eigenvalue weighted by Crippen LogP contribution is -2.42. The van der Waals surface area contributed by atoms with Gasteiger partial charge in [0.15, 0.2) is 5.96 Å². The van der Waals surface area contributed by atoms with Crippen LogP contribution in [-0.4, -0.2) is 67.7 Å². The summed E-state index contributed by atoms with van der Waals surface area (Å²) in [6, 6.07) is 10.6. The van der Waals surface area contributed by atoms with Crippen LogP contribution in [0.4, 0.5) is 13.2 Å². The Hall–Kier alpha value is -1.76. The van der Waals surface area contributed by atoms with E-state index in [-0.39, 0.29) is 5.92 Å². The Morgan fingerprint density at radius 3 is 2.66 bits per heavy atom. The second kappa shape index (κ2) is 9.83. The molecule has 1 aliphatic heterocycles. The van der Waals surface area contributed by atoms with Crippen molar-refractivity contribution >= 4 is 5.96 Å². The summed E-state index contributed by atoms with van der Waals surface area (Å²) >= 11 is 0. The molecule has 29 heavy (non-hydrogen) atoms. The molecule has 1 N–H and O–H groups in total. The molecule has 162 valence electrons. The van der Waals surface area contributed by atoms with E-state index in [0.717, 1.165) is 38.6 Å². The third-order valence-corrected chi connectivity index (χ3v) is 5.91. The first-order valence-corrected chi connectivity index (χ1v) is 10.8. The van der Waals surface area contributed by atoms with Crippen molar-refractivity contribution in [1.82, 2.24) is 15.1 Å². The van der Waals surface area contributed by atoms with Gasteiger partial charge in [0.25, 0.3) is 0 Å². The first-order chi connectivity index (χ1) is 13.9. The number of benzene rings is 1. The summed E-state index contributed by atoms with van der Waals surface area (Å²) in [7, 11) is 0. The van der Waals surface area contributed by atoms with Crippen LogP contribution < -0.4 is 5.32 Å². The molecular weight excluding hydrogens is 377 g/mol. The van der Waals surface area contributed by atoms with Crippen molar-refractivity contribution in [3.8, 4) is 0 Å². The van der Waals surface area contributed by atoms with Gasteiger partial charge in [-0.25, -0.2) is 0 Å². The molecule has 0 spiro atoms. The Bertz CT molecular complexity index is 662. The fraction of sp³-hybridized carbons (Fsp3) is 0.682. The van der Waals surface area contributed by atoms with Crippen LogP contribution in [0.1, 0.15) is 38.2 Å². The minimum atomic E-state index is -4.13. The number of guanidine groups is 1. The number of halogens is 3. The maximum Gasteiger partial charge on any atom is 0.401 e. The Labute approximate surface area is 172 Å². The smallest absolute Gasteiger partial charge is 0.357 e. The van der Waals surface area contributed by atoms with E-state index in [0.29, 0.717) is 24.9 Å². The van der Waals surface area contributed by atoms with E-state index < -0.39 is 12.7 Å². The minimum absolute atomic E-state index is 0.249. The zero-order chi connectivity index (χ0) is 20.9. The Morgan fingerprint density at radius 1 is 1.24 bits per heavy atom. The fourth-order valence-electron chi connectivity index (χ4n) is 4.29. The second-order valence-electron chi connectivity index (χ2n) is 8.25. The number of likely N-dealkylation sites (tertiary alicyclic amines) is 1. The molecule has 3 unspecified atom stereocenters. The van der Waals surface area contributed by atoms with Gasteiger partial charge in [0.05, 0.1) is 6.54 Å². The Balaban J connectivity index is 1.51. The monoisotopic (exact) mass is 410 g/mol. The summed E-state index contributed by atoms with van der Waals surface area (Å²) in [5.74, 6) is 2.35. The Kier molecular flexibility index (Phi) is 7.44. The van der Waals surface area contributed by atoms with Gasteiger partial charge in [0, 0.05) is 32.7 Å². The van der Waals surface area contributed by atoms with Crippen molar-refractivity contribution < 1.29 is 13.2 Å². The standard InChI is InChI=1S/C22H33F3N4/c1-3-26-21(27-13-19-12-20(19)18-8-6-5-7-9-18)29-11-10-17(15-29)14-28(4-2)16-22(23,24)25/h5-9,17,19-20H,3-4,10-16H2,1-2H3,(H,26,27). The lowest BCUT2D eigenvalue weighted by Gasteiger charge is -2.26. The predicted molar refractivity (Wildman–Crippen MR) is 111 cm³/mol. The summed E-state index contributed by atoms with van der Waals surface area (Å²) in [5, 5.41) is 3.37. The Morgan fingerprint density at radius 2 is 2.00 bits per heavy atom. The average Bonchev–Trinajstić information content (AvgIpc) is 3.33.